The van der Waals surface area contributed by atoms with Gasteiger partial charge < -0.3 is 0 Å². The molecule has 0 amide bonds. The molecule has 0 heterocycles. The highest BCUT2D eigenvalue weighted by Gasteiger charge is 2.16. The Hall–Kier alpha value is -0.230. The molecule has 1 aliphatic carbocycles. The van der Waals surface area contributed by atoms with Crippen LogP contribution in [0.1, 0.15) is 25.7 Å². The van der Waals surface area contributed by atoms with Gasteiger partial charge in [0.05, 0.1) is 4.90 Å². The Kier molecular flexibility index (Phi) is 5.57. The summed E-state index contributed by atoms with van der Waals surface area (Å²) in [7, 11) is -3.39. The zero-order valence-electron chi connectivity index (χ0n) is 10.6. The van der Waals surface area contributed by atoms with Crippen LogP contribution >= 0.6 is 23.4 Å². The second-order valence-electron chi connectivity index (χ2n) is 4.63. The Morgan fingerprint density at radius 3 is 2.47 bits per heavy atom. The maximum atomic E-state index is 12.0. The third-order valence-electron chi connectivity index (χ3n) is 3.17. The Labute approximate surface area is 124 Å². The van der Waals surface area contributed by atoms with Crippen LogP contribution in [0.3, 0.4) is 0 Å². The monoisotopic (exact) mass is 319 g/mol. The summed E-state index contributed by atoms with van der Waals surface area (Å²) in [6, 6.07) is 6.22. The summed E-state index contributed by atoms with van der Waals surface area (Å²) in [5.41, 5.74) is 0. The van der Waals surface area contributed by atoms with Crippen LogP contribution in [0.4, 0.5) is 0 Å². The number of hydrogen-bond donors (Lipinski definition) is 1. The van der Waals surface area contributed by atoms with Gasteiger partial charge in [0.2, 0.25) is 10.0 Å². The van der Waals surface area contributed by atoms with Gasteiger partial charge in [0.15, 0.2) is 0 Å². The van der Waals surface area contributed by atoms with Crippen LogP contribution in [0.5, 0.6) is 0 Å². The lowest BCUT2D eigenvalue weighted by molar-refractivity contribution is 0.584. The summed E-state index contributed by atoms with van der Waals surface area (Å²) in [5, 5.41) is 1.26. The highest BCUT2D eigenvalue weighted by molar-refractivity contribution is 8.00. The van der Waals surface area contributed by atoms with Gasteiger partial charge in [0.25, 0.3) is 0 Å². The molecule has 0 aliphatic heterocycles. The highest BCUT2D eigenvalue weighted by atomic mass is 35.5. The normalized spacial score (nSPS) is 16.9. The zero-order chi connectivity index (χ0) is 13.7. The zero-order valence-corrected chi connectivity index (χ0v) is 13.0. The maximum absolute atomic E-state index is 12.0. The number of sulfonamides is 1. The SMILES string of the molecule is O=S(=O)(NCCSC1CCCC1)c1ccc(Cl)cc1. The molecule has 19 heavy (non-hydrogen) atoms. The lowest BCUT2D eigenvalue weighted by atomic mass is 10.4. The first-order valence-corrected chi connectivity index (χ1v) is 9.36. The molecule has 106 valence electrons. The van der Waals surface area contributed by atoms with Crippen molar-refractivity contribution in [1.29, 1.82) is 0 Å². The van der Waals surface area contributed by atoms with Gasteiger partial charge in [-0.1, -0.05) is 24.4 Å². The fourth-order valence-electron chi connectivity index (χ4n) is 2.15. The molecule has 0 saturated heterocycles. The summed E-state index contributed by atoms with van der Waals surface area (Å²) in [6.07, 6.45) is 5.17. The molecule has 0 spiro atoms. The summed E-state index contributed by atoms with van der Waals surface area (Å²) in [4.78, 5) is 0.266. The van der Waals surface area contributed by atoms with Gasteiger partial charge >= 0.3 is 0 Å². The molecule has 1 saturated carbocycles. The van der Waals surface area contributed by atoms with E-state index in [9.17, 15) is 8.42 Å². The number of thioether (sulfide) groups is 1. The molecule has 0 atom stereocenters. The van der Waals surface area contributed by atoms with E-state index in [2.05, 4.69) is 4.72 Å². The van der Waals surface area contributed by atoms with Crippen LogP contribution in [-0.2, 0) is 10.0 Å². The van der Waals surface area contributed by atoms with Crippen molar-refractivity contribution >= 4 is 33.4 Å². The first-order chi connectivity index (χ1) is 9.08. The topological polar surface area (TPSA) is 46.2 Å². The van der Waals surface area contributed by atoms with E-state index in [-0.39, 0.29) is 4.90 Å². The third-order valence-corrected chi connectivity index (χ3v) is 6.29. The quantitative estimate of drug-likeness (QED) is 0.818. The number of halogens is 1. The molecular formula is C13H18ClNO2S2. The lowest BCUT2D eigenvalue weighted by Gasteiger charge is -2.10. The van der Waals surface area contributed by atoms with E-state index >= 15 is 0 Å². The minimum atomic E-state index is -3.39. The maximum Gasteiger partial charge on any atom is 0.240 e. The minimum Gasteiger partial charge on any atom is -0.210 e. The molecule has 0 aromatic heterocycles. The van der Waals surface area contributed by atoms with E-state index in [4.69, 9.17) is 11.6 Å². The first kappa shape index (κ1) is 15.2. The van der Waals surface area contributed by atoms with Gasteiger partial charge in [-0.3, -0.25) is 0 Å². The third kappa shape index (κ3) is 4.67. The van der Waals surface area contributed by atoms with Crippen molar-refractivity contribution < 1.29 is 8.42 Å². The molecule has 1 fully saturated rings. The highest BCUT2D eigenvalue weighted by Crippen LogP contribution is 2.28. The van der Waals surface area contributed by atoms with Gasteiger partial charge in [0.1, 0.15) is 0 Å². The average molecular weight is 320 g/mol. The molecule has 1 aliphatic rings. The van der Waals surface area contributed by atoms with Gasteiger partial charge in [-0.15, -0.1) is 0 Å². The van der Waals surface area contributed by atoms with Crippen molar-refractivity contribution in [3.8, 4) is 0 Å². The van der Waals surface area contributed by atoms with E-state index < -0.39 is 10.0 Å². The first-order valence-electron chi connectivity index (χ1n) is 6.45. The Morgan fingerprint density at radius 1 is 1.21 bits per heavy atom. The summed E-state index contributed by atoms with van der Waals surface area (Å²) < 4.78 is 26.6. The molecule has 0 bridgehead atoms. The Morgan fingerprint density at radius 2 is 1.84 bits per heavy atom. The van der Waals surface area contributed by atoms with Gasteiger partial charge in [-0.25, -0.2) is 13.1 Å². The van der Waals surface area contributed by atoms with Crippen LogP contribution < -0.4 is 4.72 Å². The van der Waals surface area contributed by atoms with Crippen LogP contribution in [0.2, 0.25) is 5.02 Å². The number of benzene rings is 1. The standard InChI is InChI=1S/C13H18ClNO2S2/c14-11-5-7-13(8-6-11)19(16,17)15-9-10-18-12-3-1-2-4-12/h5-8,12,15H,1-4,9-10H2. The molecule has 1 aromatic carbocycles. The van der Waals surface area contributed by atoms with Crippen molar-refractivity contribution in [1.82, 2.24) is 4.72 Å². The average Bonchev–Trinajstić information content (AvgIpc) is 2.88. The van der Waals surface area contributed by atoms with Crippen LogP contribution in [-0.4, -0.2) is 26.0 Å². The van der Waals surface area contributed by atoms with Gasteiger partial charge in [-0.2, -0.15) is 11.8 Å². The van der Waals surface area contributed by atoms with Gasteiger partial charge in [-0.05, 0) is 37.1 Å². The van der Waals surface area contributed by atoms with Gasteiger partial charge in [0, 0.05) is 22.6 Å². The molecule has 0 unspecified atom stereocenters. The number of hydrogen-bond acceptors (Lipinski definition) is 3. The Bertz CT molecular complexity index is 496. The lowest BCUT2D eigenvalue weighted by Crippen LogP contribution is -2.26. The largest absolute Gasteiger partial charge is 0.240 e. The molecule has 2 rings (SSSR count). The van der Waals surface area contributed by atoms with E-state index in [1.54, 1.807) is 12.1 Å². The van der Waals surface area contributed by atoms with Crippen molar-refractivity contribution in [3.63, 3.8) is 0 Å². The smallest absolute Gasteiger partial charge is 0.210 e. The van der Waals surface area contributed by atoms with E-state index in [1.165, 1.54) is 37.8 Å². The second kappa shape index (κ2) is 6.97. The van der Waals surface area contributed by atoms with E-state index in [1.807, 2.05) is 11.8 Å². The molecule has 6 heteroatoms. The molecular weight excluding hydrogens is 302 g/mol. The Balaban J connectivity index is 1.79. The fraction of sp³-hybridized carbons (Fsp3) is 0.538. The summed E-state index contributed by atoms with van der Waals surface area (Å²) in [6.45, 7) is 0.478. The number of rotatable bonds is 6. The van der Waals surface area contributed by atoms with Crippen molar-refractivity contribution in [2.75, 3.05) is 12.3 Å². The summed E-state index contributed by atoms with van der Waals surface area (Å²) >= 11 is 7.62. The molecule has 1 aromatic rings. The van der Waals surface area contributed by atoms with E-state index in [0.717, 1.165) is 11.0 Å². The van der Waals surface area contributed by atoms with Crippen molar-refractivity contribution in [2.24, 2.45) is 0 Å². The summed E-state index contributed by atoms with van der Waals surface area (Å²) in [5.74, 6) is 0.831. The predicted octanol–water partition coefficient (Wildman–Crippen LogP) is 3.29. The van der Waals surface area contributed by atoms with Crippen molar-refractivity contribution in [2.45, 2.75) is 35.8 Å². The molecule has 0 radical (unpaired) electrons. The number of nitrogens with one attached hydrogen (secondary N) is 1. The fourth-order valence-corrected chi connectivity index (χ4v) is 4.66. The van der Waals surface area contributed by atoms with Crippen LogP contribution in [0.15, 0.2) is 29.2 Å². The predicted molar refractivity (Wildman–Crippen MR) is 81.4 cm³/mol. The van der Waals surface area contributed by atoms with Crippen LogP contribution in [0.25, 0.3) is 0 Å². The van der Waals surface area contributed by atoms with E-state index in [0.29, 0.717) is 11.6 Å². The minimum absolute atomic E-state index is 0.266. The van der Waals surface area contributed by atoms with Crippen molar-refractivity contribution in [3.05, 3.63) is 29.3 Å². The second-order valence-corrected chi connectivity index (χ2v) is 8.24. The molecule has 3 nitrogen and oxygen atoms in total. The van der Waals surface area contributed by atoms with Crippen LogP contribution in [0, 0.1) is 0 Å². The molecule has 1 N–H and O–H groups in total.